The van der Waals surface area contributed by atoms with Crippen molar-refractivity contribution in [2.24, 2.45) is 17.8 Å². The van der Waals surface area contributed by atoms with E-state index in [1.54, 1.807) is 0 Å². The summed E-state index contributed by atoms with van der Waals surface area (Å²) in [5.74, 6) is 2.47. The van der Waals surface area contributed by atoms with Crippen molar-refractivity contribution in [1.82, 2.24) is 10.2 Å². The zero-order valence-electron chi connectivity index (χ0n) is 20.3. The van der Waals surface area contributed by atoms with Crippen molar-refractivity contribution in [2.45, 2.75) is 88.5 Å². The topological polar surface area (TPSA) is 91.3 Å². The fraction of sp³-hybridized carbons (Fsp3) is 0.741. The van der Waals surface area contributed by atoms with E-state index in [1.165, 1.54) is 36.9 Å². The maximum absolute atomic E-state index is 12.7. The molecule has 6 atom stereocenters. The quantitative estimate of drug-likeness (QED) is 0.592. The van der Waals surface area contributed by atoms with Crippen molar-refractivity contribution in [3.63, 3.8) is 0 Å². The molecule has 186 valence electrons. The number of aliphatic hydroxyl groups is 2. The summed E-state index contributed by atoms with van der Waals surface area (Å²) in [5, 5.41) is 23.4. The largest absolute Gasteiger partial charge is 0.483 e. The summed E-state index contributed by atoms with van der Waals surface area (Å²) in [6.45, 7) is 6.00. The molecular weight excluding hydrogens is 432 g/mol. The van der Waals surface area contributed by atoms with Crippen molar-refractivity contribution >= 4 is 6.09 Å². The fourth-order valence-electron chi connectivity index (χ4n) is 7.61. The SMILES string of the molecule is CC(C)C(CO)NC(=O)Oc1ccc2c3c1O[C@H]1[C@@H](O)CCC4[C@@H](C2)N(CC2CCC2)CC[C@@]341. The molecular formula is C27H38N2O5. The lowest BCUT2D eigenvalue weighted by atomic mass is 9.51. The molecule has 1 aromatic carbocycles. The standard InChI is InChI=1S/C27H38N2O5/c1-15(2)19(14-30)28-26(32)33-22-9-6-17-12-20-18-7-8-21(31)25-27(18,23(17)24(22)34-25)10-11-29(20)13-16-4-3-5-16/h6,9,15-16,18-21,25,30-31H,3-5,7-8,10-14H2,1-2H3,(H,28,32)/t18?,19?,20-,21+,25+,27+/m1/s1. The van der Waals surface area contributed by atoms with Crippen LogP contribution in [0.4, 0.5) is 4.79 Å². The maximum atomic E-state index is 12.7. The molecule has 0 radical (unpaired) electrons. The molecule has 2 bridgehead atoms. The van der Waals surface area contributed by atoms with Crippen LogP contribution in [-0.2, 0) is 11.8 Å². The molecule has 5 aliphatic rings. The molecule has 1 saturated heterocycles. The van der Waals surface area contributed by atoms with E-state index in [0.717, 1.165) is 38.1 Å². The molecule has 1 amide bonds. The molecule has 3 fully saturated rings. The lowest BCUT2D eigenvalue weighted by Gasteiger charge is -2.59. The van der Waals surface area contributed by atoms with Gasteiger partial charge in [-0.1, -0.05) is 26.3 Å². The van der Waals surface area contributed by atoms with Gasteiger partial charge in [-0.15, -0.1) is 0 Å². The first kappa shape index (κ1) is 22.6. The molecule has 7 nitrogen and oxygen atoms in total. The summed E-state index contributed by atoms with van der Waals surface area (Å²) in [7, 11) is 0. The number of piperidine rings is 1. The molecule has 2 unspecified atom stereocenters. The predicted molar refractivity (Wildman–Crippen MR) is 127 cm³/mol. The number of carbonyl (C=O) groups is 1. The van der Waals surface area contributed by atoms with Gasteiger partial charge in [-0.2, -0.15) is 0 Å². The molecule has 1 aromatic rings. The third kappa shape index (κ3) is 3.30. The minimum atomic E-state index is -0.582. The molecule has 3 N–H and O–H groups in total. The number of rotatable bonds is 6. The Morgan fingerprint density at radius 2 is 2.12 bits per heavy atom. The third-order valence-electron chi connectivity index (χ3n) is 9.61. The number of amides is 1. The second-order valence-electron chi connectivity index (χ2n) is 11.6. The number of benzene rings is 1. The van der Waals surface area contributed by atoms with Crippen molar-refractivity contribution < 1.29 is 24.5 Å². The Morgan fingerprint density at radius 3 is 2.82 bits per heavy atom. The van der Waals surface area contributed by atoms with Crippen LogP contribution in [0.2, 0.25) is 0 Å². The van der Waals surface area contributed by atoms with Gasteiger partial charge in [-0.25, -0.2) is 4.79 Å². The maximum Gasteiger partial charge on any atom is 0.413 e. The van der Waals surface area contributed by atoms with Gasteiger partial charge >= 0.3 is 6.09 Å². The first-order chi connectivity index (χ1) is 16.4. The fourth-order valence-corrected chi connectivity index (χ4v) is 7.61. The number of carbonyl (C=O) groups excluding carboxylic acids is 1. The molecule has 2 heterocycles. The summed E-state index contributed by atoms with van der Waals surface area (Å²) in [5.41, 5.74) is 2.28. The number of nitrogens with zero attached hydrogens (tertiary/aromatic N) is 1. The van der Waals surface area contributed by atoms with Gasteiger partial charge in [0, 0.05) is 23.6 Å². The van der Waals surface area contributed by atoms with Gasteiger partial charge in [-0.3, -0.25) is 4.90 Å². The third-order valence-corrected chi connectivity index (χ3v) is 9.61. The van der Waals surface area contributed by atoms with E-state index in [1.807, 2.05) is 19.9 Å². The summed E-state index contributed by atoms with van der Waals surface area (Å²) in [6.07, 6.45) is 6.50. The van der Waals surface area contributed by atoms with E-state index in [9.17, 15) is 15.0 Å². The predicted octanol–water partition coefficient (Wildman–Crippen LogP) is 2.99. The molecule has 34 heavy (non-hydrogen) atoms. The Labute approximate surface area is 201 Å². The van der Waals surface area contributed by atoms with Gasteiger partial charge in [0.1, 0.15) is 6.10 Å². The van der Waals surface area contributed by atoms with E-state index in [0.29, 0.717) is 23.5 Å². The highest BCUT2D eigenvalue weighted by atomic mass is 16.6. The van der Waals surface area contributed by atoms with E-state index in [4.69, 9.17) is 9.47 Å². The lowest BCUT2D eigenvalue weighted by molar-refractivity contribution is -0.107. The monoisotopic (exact) mass is 470 g/mol. The van der Waals surface area contributed by atoms with Crippen molar-refractivity contribution in [1.29, 1.82) is 0 Å². The van der Waals surface area contributed by atoms with Crippen LogP contribution in [0.5, 0.6) is 11.5 Å². The van der Waals surface area contributed by atoms with Crippen molar-refractivity contribution in [2.75, 3.05) is 19.7 Å². The highest BCUT2D eigenvalue weighted by Crippen LogP contribution is 2.64. The van der Waals surface area contributed by atoms with Crippen LogP contribution in [0.25, 0.3) is 0 Å². The Morgan fingerprint density at radius 1 is 1.29 bits per heavy atom. The molecule has 0 aromatic heterocycles. The minimum Gasteiger partial charge on any atom is -0.483 e. The Hall–Kier alpha value is -1.83. The molecule has 2 aliphatic heterocycles. The Bertz CT molecular complexity index is 963. The van der Waals surface area contributed by atoms with Crippen LogP contribution >= 0.6 is 0 Å². The molecule has 6 rings (SSSR count). The minimum absolute atomic E-state index is 0.0900. The summed E-state index contributed by atoms with van der Waals surface area (Å²) in [6, 6.07) is 4.09. The summed E-state index contributed by atoms with van der Waals surface area (Å²) in [4.78, 5) is 15.4. The molecule has 3 aliphatic carbocycles. The number of aliphatic hydroxyl groups excluding tert-OH is 2. The van der Waals surface area contributed by atoms with Gasteiger partial charge in [0.25, 0.3) is 0 Å². The second-order valence-corrected chi connectivity index (χ2v) is 11.6. The molecule has 2 saturated carbocycles. The van der Waals surface area contributed by atoms with Crippen LogP contribution in [0.1, 0.15) is 63.5 Å². The number of nitrogens with one attached hydrogen (secondary N) is 1. The average Bonchev–Trinajstić information content (AvgIpc) is 3.13. The second kappa shape index (κ2) is 8.38. The van der Waals surface area contributed by atoms with Crippen LogP contribution in [-0.4, -0.2) is 65.2 Å². The van der Waals surface area contributed by atoms with Gasteiger partial charge in [-0.05, 0) is 74.5 Å². The van der Waals surface area contributed by atoms with Crippen LogP contribution in [0.3, 0.4) is 0 Å². The van der Waals surface area contributed by atoms with Crippen molar-refractivity contribution in [3.05, 3.63) is 23.3 Å². The number of hydrogen-bond donors (Lipinski definition) is 3. The van der Waals surface area contributed by atoms with Crippen LogP contribution in [0.15, 0.2) is 12.1 Å². The first-order valence-electron chi connectivity index (χ1n) is 13.3. The first-order valence-corrected chi connectivity index (χ1v) is 13.3. The van der Waals surface area contributed by atoms with E-state index in [-0.39, 0.29) is 30.1 Å². The highest BCUT2D eigenvalue weighted by Gasteiger charge is 2.65. The lowest BCUT2D eigenvalue weighted by Crippen LogP contribution is -2.67. The van der Waals surface area contributed by atoms with Gasteiger partial charge in [0.2, 0.25) is 0 Å². The van der Waals surface area contributed by atoms with Crippen LogP contribution in [0, 0.1) is 17.8 Å². The Kier molecular flexibility index (Phi) is 5.58. The molecule has 1 spiro atoms. The zero-order valence-corrected chi connectivity index (χ0v) is 20.3. The summed E-state index contributed by atoms with van der Waals surface area (Å²) < 4.78 is 12.3. The summed E-state index contributed by atoms with van der Waals surface area (Å²) >= 11 is 0. The smallest absolute Gasteiger partial charge is 0.413 e. The number of ether oxygens (including phenoxy) is 2. The average molecular weight is 471 g/mol. The van der Waals surface area contributed by atoms with E-state index >= 15 is 0 Å². The molecule has 7 heteroatoms. The van der Waals surface area contributed by atoms with Crippen molar-refractivity contribution in [3.8, 4) is 11.5 Å². The van der Waals surface area contributed by atoms with E-state index < -0.39 is 12.2 Å². The van der Waals surface area contributed by atoms with Gasteiger partial charge in [0.15, 0.2) is 11.5 Å². The van der Waals surface area contributed by atoms with Gasteiger partial charge < -0.3 is 25.0 Å². The van der Waals surface area contributed by atoms with E-state index in [2.05, 4.69) is 16.3 Å². The normalized spacial score (nSPS) is 34.7. The highest BCUT2D eigenvalue weighted by molar-refractivity contribution is 5.73. The van der Waals surface area contributed by atoms with Gasteiger partial charge in [0.05, 0.1) is 18.8 Å². The van der Waals surface area contributed by atoms with Crippen LogP contribution < -0.4 is 14.8 Å². The zero-order chi connectivity index (χ0) is 23.6. The Balaban J connectivity index is 1.33. The number of hydrogen-bond acceptors (Lipinski definition) is 6. The number of likely N-dealkylation sites (tertiary alicyclic amines) is 1.